The summed E-state index contributed by atoms with van der Waals surface area (Å²) in [6, 6.07) is 8.30. The number of alkyl halides is 3. The Morgan fingerprint density at radius 3 is 2.45 bits per heavy atom. The number of nitrogens with one attached hydrogen (secondary N) is 1. The van der Waals surface area contributed by atoms with Gasteiger partial charge in [-0.3, -0.25) is 4.79 Å². The number of hydrogen-bond donors (Lipinski definition) is 1. The first-order valence-corrected chi connectivity index (χ1v) is 9.71. The fraction of sp³-hybridized carbons (Fsp3) is 0.300. The molecule has 160 valence electrons. The summed E-state index contributed by atoms with van der Waals surface area (Å²) in [4.78, 5) is 18.0. The molecule has 0 bridgehead atoms. The minimum Gasteiger partial charge on any atom is -0.403 e. The highest BCUT2D eigenvalue weighted by Gasteiger charge is 2.39. The van der Waals surface area contributed by atoms with Gasteiger partial charge < -0.3 is 14.3 Å². The van der Waals surface area contributed by atoms with Crippen molar-refractivity contribution >= 4 is 11.7 Å². The number of aryl methyl sites for hydroxylation is 1. The molecule has 0 atom stereocenters. The Bertz CT molecular complexity index is 1320. The number of anilines is 1. The Hall–Kier alpha value is -3.63. The van der Waals surface area contributed by atoms with Crippen LogP contribution in [0.5, 0.6) is 0 Å². The third-order valence-corrected chi connectivity index (χ3v) is 5.31. The monoisotopic (exact) mass is 430 g/mol. The molecule has 1 aliphatic rings. The molecule has 1 N–H and O–H groups in total. The van der Waals surface area contributed by atoms with Gasteiger partial charge in [0.2, 0.25) is 0 Å². The predicted molar refractivity (Wildman–Crippen MR) is 106 cm³/mol. The highest BCUT2D eigenvalue weighted by Crippen LogP contribution is 2.38. The van der Waals surface area contributed by atoms with Gasteiger partial charge in [0.15, 0.2) is 5.69 Å². The van der Waals surface area contributed by atoms with Crippen molar-refractivity contribution in [1.82, 2.24) is 24.8 Å². The predicted octanol–water partition coefficient (Wildman–Crippen LogP) is 3.67. The fourth-order valence-corrected chi connectivity index (χ4v) is 3.87. The van der Waals surface area contributed by atoms with Gasteiger partial charge in [-0.2, -0.15) is 22.8 Å². The van der Waals surface area contributed by atoms with Gasteiger partial charge in [0.25, 0.3) is 11.4 Å². The molecule has 11 heteroatoms. The molecule has 1 aliphatic heterocycles. The summed E-state index contributed by atoms with van der Waals surface area (Å²) in [5.74, 6) is -0.0622. The molecule has 0 radical (unpaired) electrons. The number of hydrogen-bond acceptors (Lipinski definition) is 6. The SMILES string of the molecule is Cc1[nH]c2c(-c3ccccc3)c(C(F)(F)F)nn2c(=O)c1-c1nnc(N2CCCC2)o1. The average molecular weight is 430 g/mol. The molecule has 8 nitrogen and oxygen atoms in total. The van der Waals surface area contributed by atoms with Crippen molar-refractivity contribution in [2.45, 2.75) is 25.9 Å². The zero-order chi connectivity index (χ0) is 21.8. The molecule has 0 saturated carbocycles. The maximum Gasteiger partial charge on any atom is 0.435 e. The van der Waals surface area contributed by atoms with Crippen LogP contribution in [0.15, 0.2) is 39.5 Å². The molecule has 4 aromatic rings. The van der Waals surface area contributed by atoms with Crippen molar-refractivity contribution < 1.29 is 17.6 Å². The number of rotatable bonds is 3. The van der Waals surface area contributed by atoms with Crippen LogP contribution in [0.3, 0.4) is 0 Å². The molecule has 1 aromatic carbocycles. The van der Waals surface area contributed by atoms with Gasteiger partial charge in [0.05, 0.1) is 5.56 Å². The lowest BCUT2D eigenvalue weighted by atomic mass is 10.1. The Balaban J connectivity index is 1.73. The van der Waals surface area contributed by atoms with E-state index < -0.39 is 17.4 Å². The maximum atomic E-state index is 13.8. The largest absolute Gasteiger partial charge is 0.435 e. The van der Waals surface area contributed by atoms with Gasteiger partial charge in [0.1, 0.15) is 11.2 Å². The quantitative estimate of drug-likeness (QED) is 0.533. The lowest BCUT2D eigenvalue weighted by Crippen LogP contribution is -2.20. The van der Waals surface area contributed by atoms with E-state index in [1.54, 1.807) is 25.1 Å². The van der Waals surface area contributed by atoms with Gasteiger partial charge in [-0.05, 0) is 25.3 Å². The van der Waals surface area contributed by atoms with Crippen molar-refractivity contribution in [2.24, 2.45) is 0 Å². The third kappa shape index (κ3) is 3.16. The zero-order valence-electron chi connectivity index (χ0n) is 16.4. The van der Waals surface area contributed by atoms with Crippen molar-refractivity contribution in [3.63, 3.8) is 0 Å². The molecule has 5 rings (SSSR count). The number of benzene rings is 1. The highest BCUT2D eigenvalue weighted by atomic mass is 19.4. The van der Waals surface area contributed by atoms with E-state index in [2.05, 4.69) is 20.3 Å². The van der Waals surface area contributed by atoms with Crippen LogP contribution in [-0.4, -0.2) is 37.9 Å². The Morgan fingerprint density at radius 2 is 1.77 bits per heavy atom. The van der Waals surface area contributed by atoms with Crippen LogP contribution in [0, 0.1) is 6.92 Å². The van der Waals surface area contributed by atoms with Crippen LogP contribution in [-0.2, 0) is 6.18 Å². The van der Waals surface area contributed by atoms with Gasteiger partial charge >= 0.3 is 12.2 Å². The Kier molecular flexibility index (Phi) is 4.34. The number of halogens is 3. The summed E-state index contributed by atoms with van der Waals surface area (Å²) in [6.45, 7) is 3.11. The number of H-pyrrole nitrogens is 1. The summed E-state index contributed by atoms with van der Waals surface area (Å²) in [6.07, 6.45) is -2.75. The lowest BCUT2D eigenvalue weighted by molar-refractivity contribution is -0.140. The van der Waals surface area contributed by atoms with Crippen LogP contribution in [0.25, 0.3) is 28.2 Å². The number of fused-ring (bicyclic) bond motifs is 1. The third-order valence-electron chi connectivity index (χ3n) is 5.31. The van der Waals surface area contributed by atoms with Gasteiger partial charge in [-0.1, -0.05) is 35.4 Å². The summed E-state index contributed by atoms with van der Waals surface area (Å²) in [7, 11) is 0. The minimum absolute atomic E-state index is 0.0127. The summed E-state index contributed by atoms with van der Waals surface area (Å²) in [5.41, 5.74) is -1.57. The average Bonchev–Trinajstić information content (AvgIpc) is 3.47. The second-order valence-electron chi connectivity index (χ2n) is 7.36. The molecule has 0 aliphatic carbocycles. The topological polar surface area (TPSA) is 92.3 Å². The molecule has 0 unspecified atom stereocenters. The fourth-order valence-electron chi connectivity index (χ4n) is 3.87. The maximum absolute atomic E-state index is 13.8. The van der Waals surface area contributed by atoms with Gasteiger partial charge in [0, 0.05) is 18.8 Å². The van der Waals surface area contributed by atoms with E-state index in [0.29, 0.717) is 15.8 Å². The first-order chi connectivity index (χ1) is 14.8. The molecule has 31 heavy (non-hydrogen) atoms. The summed E-state index contributed by atoms with van der Waals surface area (Å²) in [5, 5.41) is 11.6. The molecule has 0 amide bonds. The Morgan fingerprint density at radius 1 is 1.06 bits per heavy atom. The smallest absolute Gasteiger partial charge is 0.403 e. The molecular weight excluding hydrogens is 413 g/mol. The number of aromatic amines is 1. The number of aromatic nitrogens is 5. The molecular formula is C20H17F3N6O2. The van der Waals surface area contributed by atoms with E-state index in [1.165, 1.54) is 12.1 Å². The molecule has 0 spiro atoms. The second kappa shape index (κ2) is 6.96. The van der Waals surface area contributed by atoms with E-state index in [9.17, 15) is 18.0 Å². The first-order valence-electron chi connectivity index (χ1n) is 9.71. The van der Waals surface area contributed by atoms with Crippen LogP contribution in [0.2, 0.25) is 0 Å². The van der Waals surface area contributed by atoms with Crippen molar-refractivity contribution in [2.75, 3.05) is 18.0 Å². The van der Waals surface area contributed by atoms with Crippen molar-refractivity contribution in [1.29, 1.82) is 0 Å². The molecule has 1 fully saturated rings. The highest BCUT2D eigenvalue weighted by molar-refractivity contribution is 5.81. The first kappa shape index (κ1) is 19.3. The van der Waals surface area contributed by atoms with E-state index >= 15 is 0 Å². The summed E-state index contributed by atoms with van der Waals surface area (Å²) >= 11 is 0. The van der Waals surface area contributed by atoms with E-state index in [1.807, 2.05) is 4.90 Å². The van der Waals surface area contributed by atoms with Crippen molar-refractivity contribution in [3.05, 3.63) is 52.1 Å². The van der Waals surface area contributed by atoms with E-state index in [-0.39, 0.29) is 28.7 Å². The lowest BCUT2D eigenvalue weighted by Gasteiger charge is -2.10. The van der Waals surface area contributed by atoms with Crippen molar-refractivity contribution in [3.8, 4) is 22.6 Å². The second-order valence-corrected chi connectivity index (χ2v) is 7.36. The minimum atomic E-state index is -4.75. The van der Waals surface area contributed by atoms with E-state index in [0.717, 1.165) is 25.9 Å². The van der Waals surface area contributed by atoms with Gasteiger partial charge in [-0.25, -0.2) is 0 Å². The van der Waals surface area contributed by atoms with Crippen LogP contribution in [0.1, 0.15) is 24.2 Å². The molecule has 1 saturated heterocycles. The van der Waals surface area contributed by atoms with Crippen LogP contribution >= 0.6 is 0 Å². The molecule has 3 aromatic heterocycles. The standard InChI is InChI=1S/C20H17F3N6O2/c1-11-13(17-25-26-19(31-17)28-9-5-6-10-28)18(30)29-16(24-11)14(12-7-3-2-4-8-12)15(27-29)20(21,22)23/h2-4,7-8,24H,5-6,9-10H2,1H3. The normalized spacial score (nSPS) is 14.6. The van der Waals surface area contributed by atoms with Gasteiger partial charge in [-0.15, -0.1) is 5.10 Å². The summed E-state index contributed by atoms with van der Waals surface area (Å²) < 4.78 is 47.7. The number of nitrogens with zero attached hydrogens (tertiary/aromatic N) is 5. The molecule has 4 heterocycles. The van der Waals surface area contributed by atoms with Crippen LogP contribution in [0.4, 0.5) is 19.2 Å². The zero-order valence-corrected chi connectivity index (χ0v) is 16.4. The van der Waals surface area contributed by atoms with E-state index in [4.69, 9.17) is 4.42 Å². The Labute approximate surface area is 173 Å². The van der Waals surface area contributed by atoms with Crippen LogP contribution < -0.4 is 10.5 Å².